The first-order valence-electron chi connectivity index (χ1n) is 7.07. The number of nitrogens with one attached hydrogen (secondary N) is 1. The third-order valence-corrected chi connectivity index (χ3v) is 3.20. The molecule has 1 amide bonds. The SMILES string of the molecule is C=CCCC(NC(=O)CCc1nc2ccccc2o1)C(=O)O. The summed E-state index contributed by atoms with van der Waals surface area (Å²) in [5.41, 5.74) is 1.42. The third-order valence-electron chi connectivity index (χ3n) is 3.20. The highest BCUT2D eigenvalue weighted by atomic mass is 16.4. The molecule has 0 aliphatic heterocycles. The largest absolute Gasteiger partial charge is 0.480 e. The minimum atomic E-state index is -1.04. The number of allylic oxidation sites excluding steroid dienone is 1. The Labute approximate surface area is 127 Å². The number of rotatable bonds is 8. The number of hydrogen-bond acceptors (Lipinski definition) is 4. The van der Waals surface area contributed by atoms with Crippen molar-refractivity contribution in [2.24, 2.45) is 0 Å². The number of carboxylic acids is 1. The Morgan fingerprint density at radius 1 is 1.41 bits per heavy atom. The van der Waals surface area contributed by atoms with Gasteiger partial charge in [0.1, 0.15) is 11.6 Å². The molecule has 6 heteroatoms. The average Bonchev–Trinajstić information content (AvgIpc) is 2.92. The average molecular weight is 302 g/mol. The molecule has 0 saturated heterocycles. The molecule has 1 aromatic heterocycles. The lowest BCUT2D eigenvalue weighted by atomic mass is 10.1. The number of nitrogens with zero attached hydrogens (tertiary/aromatic N) is 1. The van der Waals surface area contributed by atoms with E-state index in [2.05, 4.69) is 16.9 Å². The molecule has 0 fully saturated rings. The topological polar surface area (TPSA) is 92.4 Å². The summed E-state index contributed by atoms with van der Waals surface area (Å²) in [5, 5.41) is 11.5. The van der Waals surface area contributed by atoms with Crippen molar-refractivity contribution in [2.45, 2.75) is 31.7 Å². The smallest absolute Gasteiger partial charge is 0.326 e. The van der Waals surface area contributed by atoms with E-state index in [9.17, 15) is 9.59 Å². The van der Waals surface area contributed by atoms with E-state index in [1.807, 2.05) is 24.3 Å². The van der Waals surface area contributed by atoms with Gasteiger partial charge in [-0.15, -0.1) is 6.58 Å². The van der Waals surface area contributed by atoms with Crippen LogP contribution in [0.4, 0.5) is 0 Å². The Morgan fingerprint density at radius 2 is 2.18 bits per heavy atom. The summed E-state index contributed by atoms with van der Waals surface area (Å²) < 4.78 is 5.52. The van der Waals surface area contributed by atoms with Gasteiger partial charge < -0.3 is 14.8 Å². The zero-order valence-electron chi connectivity index (χ0n) is 12.1. The van der Waals surface area contributed by atoms with Crippen LogP contribution in [-0.4, -0.2) is 28.0 Å². The van der Waals surface area contributed by atoms with Crippen molar-refractivity contribution in [2.75, 3.05) is 0 Å². The number of carbonyl (C=O) groups excluding carboxylic acids is 1. The normalized spacial score (nSPS) is 12.0. The van der Waals surface area contributed by atoms with Crippen LogP contribution in [0, 0.1) is 0 Å². The maximum Gasteiger partial charge on any atom is 0.326 e. The molecule has 0 aliphatic rings. The lowest BCUT2D eigenvalue weighted by Gasteiger charge is -2.13. The van der Waals surface area contributed by atoms with Crippen LogP contribution in [0.5, 0.6) is 0 Å². The number of benzene rings is 1. The van der Waals surface area contributed by atoms with Crippen molar-refractivity contribution in [1.82, 2.24) is 10.3 Å². The number of hydrogen-bond donors (Lipinski definition) is 2. The lowest BCUT2D eigenvalue weighted by Crippen LogP contribution is -2.40. The minimum absolute atomic E-state index is 0.130. The number of carboxylic acid groups (broad SMARTS) is 1. The van der Waals surface area contributed by atoms with E-state index in [1.165, 1.54) is 0 Å². The summed E-state index contributed by atoms with van der Waals surface area (Å²) in [4.78, 5) is 27.2. The molecule has 1 aromatic carbocycles. The number of aryl methyl sites for hydroxylation is 1. The van der Waals surface area contributed by atoms with Gasteiger partial charge in [0.15, 0.2) is 11.5 Å². The van der Waals surface area contributed by atoms with Crippen molar-refractivity contribution in [1.29, 1.82) is 0 Å². The molecule has 1 unspecified atom stereocenters. The predicted molar refractivity (Wildman–Crippen MR) is 81.3 cm³/mol. The highest BCUT2D eigenvalue weighted by Crippen LogP contribution is 2.15. The van der Waals surface area contributed by atoms with Crippen molar-refractivity contribution >= 4 is 23.0 Å². The summed E-state index contributed by atoms with van der Waals surface area (Å²) in [5.74, 6) is -0.912. The Balaban J connectivity index is 1.88. The van der Waals surface area contributed by atoms with E-state index in [1.54, 1.807) is 6.08 Å². The van der Waals surface area contributed by atoms with Gasteiger partial charge >= 0.3 is 5.97 Å². The van der Waals surface area contributed by atoms with Crippen LogP contribution < -0.4 is 5.32 Å². The molecule has 0 radical (unpaired) electrons. The molecule has 2 rings (SSSR count). The van der Waals surface area contributed by atoms with Crippen LogP contribution in [0.15, 0.2) is 41.3 Å². The van der Waals surface area contributed by atoms with E-state index < -0.39 is 12.0 Å². The van der Waals surface area contributed by atoms with Gasteiger partial charge in [0.05, 0.1) is 0 Å². The molecule has 0 saturated carbocycles. The van der Waals surface area contributed by atoms with Crippen LogP contribution in [0.2, 0.25) is 0 Å². The molecule has 1 atom stereocenters. The molecule has 0 aliphatic carbocycles. The summed E-state index contributed by atoms with van der Waals surface area (Å²) in [7, 11) is 0. The monoisotopic (exact) mass is 302 g/mol. The first kappa shape index (κ1) is 15.8. The second-order valence-corrected chi connectivity index (χ2v) is 4.90. The first-order valence-corrected chi connectivity index (χ1v) is 7.07. The molecule has 116 valence electrons. The molecular weight excluding hydrogens is 284 g/mol. The van der Waals surface area contributed by atoms with E-state index in [-0.39, 0.29) is 12.3 Å². The molecular formula is C16H18N2O4. The molecule has 6 nitrogen and oxygen atoms in total. The van der Waals surface area contributed by atoms with Gasteiger partial charge in [-0.25, -0.2) is 9.78 Å². The number of amides is 1. The number of oxazole rings is 1. The van der Waals surface area contributed by atoms with Gasteiger partial charge in [-0.2, -0.15) is 0 Å². The zero-order valence-corrected chi connectivity index (χ0v) is 12.1. The van der Waals surface area contributed by atoms with Gasteiger partial charge in [-0.3, -0.25) is 4.79 Å². The number of aliphatic carboxylic acids is 1. The van der Waals surface area contributed by atoms with Gasteiger partial charge in [-0.05, 0) is 25.0 Å². The maximum atomic E-state index is 11.8. The summed E-state index contributed by atoms with van der Waals surface area (Å²) in [6.07, 6.45) is 2.94. The molecule has 2 aromatic rings. The second-order valence-electron chi connectivity index (χ2n) is 4.90. The minimum Gasteiger partial charge on any atom is -0.480 e. The van der Waals surface area contributed by atoms with Crippen molar-refractivity contribution in [3.8, 4) is 0 Å². The summed E-state index contributed by atoms with van der Waals surface area (Å²) >= 11 is 0. The number of para-hydroxylation sites is 2. The molecule has 2 N–H and O–H groups in total. The van der Waals surface area contributed by atoms with E-state index in [0.29, 0.717) is 30.7 Å². The number of fused-ring (bicyclic) bond motifs is 1. The summed E-state index contributed by atoms with van der Waals surface area (Å²) in [6, 6.07) is 6.45. The standard InChI is InChI=1S/C16H18N2O4/c1-2-3-6-12(16(20)21)17-14(19)9-10-15-18-11-7-4-5-8-13(11)22-15/h2,4-5,7-8,12H,1,3,6,9-10H2,(H,17,19)(H,20,21). The second kappa shape index (κ2) is 7.40. The van der Waals surface area contributed by atoms with Crippen LogP contribution in [0.25, 0.3) is 11.1 Å². The third kappa shape index (κ3) is 4.18. The fourth-order valence-electron chi connectivity index (χ4n) is 2.06. The van der Waals surface area contributed by atoms with Crippen LogP contribution >= 0.6 is 0 Å². The summed E-state index contributed by atoms with van der Waals surface area (Å²) in [6.45, 7) is 3.54. The van der Waals surface area contributed by atoms with E-state index in [0.717, 1.165) is 5.52 Å². The Morgan fingerprint density at radius 3 is 2.86 bits per heavy atom. The van der Waals surface area contributed by atoms with Crippen molar-refractivity contribution < 1.29 is 19.1 Å². The number of aromatic nitrogens is 1. The number of carbonyl (C=O) groups is 2. The van der Waals surface area contributed by atoms with E-state index in [4.69, 9.17) is 9.52 Å². The fraction of sp³-hybridized carbons (Fsp3) is 0.312. The van der Waals surface area contributed by atoms with Crippen LogP contribution in [0.3, 0.4) is 0 Å². The highest BCUT2D eigenvalue weighted by Gasteiger charge is 2.19. The fourth-order valence-corrected chi connectivity index (χ4v) is 2.06. The Bertz CT molecular complexity index is 645. The van der Waals surface area contributed by atoms with Crippen molar-refractivity contribution in [3.63, 3.8) is 0 Å². The van der Waals surface area contributed by atoms with Gasteiger partial charge in [0.25, 0.3) is 0 Å². The molecule has 0 spiro atoms. The zero-order chi connectivity index (χ0) is 15.9. The quantitative estimate of drug-likeness (QED) is 0.730. The maximum absolute atomic E-state index is 11.8. The van der Waals surface area contributed by atoms with Crippen LogP contribution in [0.1, 0.15) is 25.2 Å². The Hall–Kier alpha value is -2.63. The molecule has 22 heavy (non-hydrogen) atoms. The predicted octanol–water partition coefficient (Wildman–Crippen LogP) is 2.30. The molecule has 1 heterocycles. The van der Waals surface area contributed by atoms with Gasteiger partial charge in [-0.1, -0.05) is 18.2 Å². The van der Waals surface area contributed by atoms with E-state index >= 15 is 0 Å². The van der Waals surface area contributed by atoms with Crippen molar-refractivity contribution in [3.05, 3.63) is 42.8 Å². The lowest BCUT2D eigenvalue weighted by molar-refractivity contribution is -0.142. The highest BCUT2D eigenvalue weighted by molar-refractivity contribution is 5.83. The van der Waals surface area contributed by atoms with Gasteiger partial charge in [0.2, 0.25) is 5.91 Å². The Kier molecular flexibility index (Phi) is 5.30. The van der Waals surface area contributed by atoms with Gasteiger partial charge in [0, 0.05) is 12.8 Å². The first-order chi connectivity index (χ1) is 10.6. The van der Waals surface area contributed by atoms with Crippen LogP contribution in [-0.2, 0) is 16.0 Å². The molecule has 0 bridgehead atoms.